The molecule has 7 nitrogen and oxygen atoms in total. The number of carbonyl (C=O) groups is 1. The summed E-state index contributed by atoms with van der Waals surface area (Å²) in [5.41, 5.74) is 1.59. The highest BCUT2D eigenvalue weighted by Crippen LogP contribution is 2.31. The third-order valence-corrected chi connectivity index (χ3v) is 4.52. The van der Waals surface area contributed by atoms with Gasteiger partial charge in [-0.2, -0.15) is 5.26 Å². The summed E-state index contributed by atoms with van der Waals surface area (Å²) in [6.07, 6.45) is 1.66. The van der Waals surface area contributed by atoms with Crippen molar-refractivity contribution >= 4 is 34.9 Å². The fourth-order valence-electron chi connectivity index (χ4n) is 2.74. The zero-order chi connectivity index (χ0) is 22.4. The van der Waals surface area contributed by atoms with Crippen molar-refractivity contribution in [1.82, 2.24) is 0 Å². The summed E-state index contributed by atoms with van der Waals surface area (Å²) < 4.78 is 10.7. The number of halogens is 1. The van der Waals surface area contributed by atoms with Crippen molar-refractivity contribution in [3.63, 3.8) is 0 Å². The number of ether oxygens (including phenoxy) is 2. The number of nitro groups is 1. The number of rotatable bonds is 6. The van der Waals surface area contributed by atoms with E-state index < -0.39 is 10.9 Å². The SMILES string of the molecule is COc1cc(/C=C(/C#N)c2ccc(Cl)cc2)ccc1OC(=O)c1cccc([N+](=O)[O-])c1. The van der Waals surface area contributed by atoms with Crippen molar-refractivity contribution in [2.45, 2.75) is 0 Å². The van der Waals surface area contributed by atoms with E-state index in [0.29, 0.717) is 21.7 Å². The van der Waals surface area contributed by atoms with Crippen LogP contribution in [0.2, 0.25) is 5.02 Å². The quantitative estimate of drug-likeness (QED) is 0.126. The molecule has 0 aliphatic heterocycles. The molecule has 0 aliphatic carbocycles. The third kappa shape index (κ3) is 5.26. The van der Waals surface area contributed by atoms with Crippen LogP contribution in [-0.4, -0.2) is 18.0 Å². The van der Waals surface area contributed by atoms with E-state index in [0.717, 1.165) is 6.07 Å². The zero-order valence-electron chi connectivity index (χ0n) is 16.2. The number of methoxy groups -OCH3 is 1. The van der Waals surface area contributed by atoms with Crippen LogP contribution in [0.3, 0.4) is 0 Å². The Morgan fingerprint density at radius 3 is 2.45 bits per heavy atom. The molecule has 0 spiro atoms. The first-order valence-corrected chi connectivity index (χ1v) is 9.31. The Morgan fingerprint density at radius 1 is 1.06 bits per heavy atom. The minimum absolute atomic E-state index is 0.0368. The van der Waals surface area contributed by atoms with Crippen LogP contribution in [0.1, 0.15) is 21.5 Å². The number of benzene rings is 3. The molecule has 8 heteroatoms. The summed E-state index contributed by atoms with van der Waals surface area (Å²) in [5, 5.41) is 21.0. The topological polar surface area (TPSA) is 102 Å². The molecule has 0 aromatic heterocycles. The van der Waals surface area contributed by atoms with Crippen LogP contribution >= 0.6 is 11.6 Å². The molecule has 31 heavy (non-hydrogen) atoms. The van der Waals surface area contributed by atoms with Gasteiger partial charge < -0.3 is 9.47 Å². The fraction of sp³-hybridized carbons (Fsp3) is 0.0435. The highest BCUT2D eigenvalue weighted by Gasteiger charge is 2.16. The summed E-state index contributed by atoms with van der Waals surface area (Å²) in [4.78, 5) is 22.7. The first-order valence-electron chi connectivity index (χ1n) is 8.93. The molecule has 0 unspecified atom stereocenters. The van der Waals surface area contributed by atoms with E-state index in [-0.39, 0.29) is 22.7 Å². The number of hydrogen-bond donors (Lipinski definition) is 0. The summed E-state index contributed by atoms with van der Waals surface area (Å²) in [7, 11) is 1.41. The van der Waals surface area contributed by atoms with Gasteiger partial charge in [0.05, 0.1) is 29.2 Å². The Bertz CT molecular complexity index is 1210. The van der Waals surface area contributed by atoms with E-state index in [9.17, 15) is 20.2 Å². The maximum absolute atomic E-state index is 12.4. The Morgan fingerprint density at radius 2 is 1.81 bits per heavy atom. The lowest BCUT2D eigenvalue weighted by atomic mass is 10.0. The Kier molecular flexibility index (Phi) is 6.65. The molecule has 0 heterocycles. The number of non-ortho nitro benzene ring substituents is 1. The average molecular weight is 435 g/mol. The number of nitrogens with zero attached hydrogens (tertiary/aromatic N) is 2. The van der Waals surface area contributed by atoms with Gasteiger partial charge in [-0.3, -0.25) is 10.1 Å². The summed E-state index contributed by atoms with van der Waals surface area (Å²) in [6, 6.07) is 19.1. The van der Waals surface area contributed by atoms with E-state index >= 15 is 0 Å². The minimum Gasteiger partial charge on any atom is -0.493 e. The molecular formula is C23H15ClN2O5. The second-order valence-corrected chi connectivity index (χ2v) is 6.72. The normalized spacial score (nSPS) is 10.8. The van der Waals surface area contributed by atoms with Gasteiger partial charge in [-0.1, -0.05) is 35.9 Å². The van der Waals surface area contributed by atoms with Crippen molar-refractivity contribution in [1.29, 1.82) is 5.26 Å². The van der Waals surface area contributed by atoms with Crippen LogP contribution in [0.25, 0.3) is 11.6 Å². The molecule has 0 saturated heterocycles. The van der Waals surface area contributed by atoms with Gasteiger partial charge in [-0.05, 0) is 47.5 Å². The highest BCUT2D eigenvalue weighted by atomic mass is 35.5. The number of nitro benzene ring substituents is 1. The first-order chi connectivity index (χ1) is 14.9. The van der Waals surface area contributed by atoms with E-state index in [2.05, 4.69) is 6.07 Å². The predicted octanol–water partition coefficient (Wildman–Crippen LogP) is 5.54. The molecule has 3 aromatic carbocycles. The van der Waals surface area contributed by atoms with E-state index in [1.807, 2.05) is 0 Å². The molecule has 3 aromatic rings. The van der Waals surface area contributed by atoms with Crippen molar-refractivity contribution in [2.24, 2.45) is 0 Å². The molecule has 0 N–H and O–H groups in total. The number of esters is 1. The smallest absolute Gasteiger partial charge is 0.343 e. The minimum atomic E-state index is -0.760. The van der Waals surface area contributed by atoms with E-state index in [4.69, 9.17) is 21.1 Å². The van der Waals surface area contributed by atoms with Crippen LogP contribution in [-0.2, 0) is 0 Å². The van der Waals surface area contributed by atoms with Crippen molar-refractivity contribution < 1.29 is 19.2 Å². The van der Waals surface area contributed by atoms with Gasteiger partial charge in [0, 0.05) is 17.2 Å². The summed E-state index contributed by atoms with van der Waals surface area (Å²) in [6.45, 7) is 0. The van der Waals surface area contributed by atoms with Crippen LogP contribution in [0, 0.1) is 21.4 Å². The molecule has 0 radical (unpaired) electrons. The molecule has 154 valence electrons. The number of hydrogen-bond acceptors (Lipinski definition) is 6. The number of carbonyl (C=O) groups excluding carboxylic acids is 1. The standard InChI is InChI=1S/C23H15ClN2O5/c1-30-22-12-15(11-18(14-25)16-6-8-19(24)9-7-16)5-10-21(22)31-23(27)17-3-2-4-20(13-17)26(28)29/h2-13H,1H3/b18-11-. The van der Waals surface area contributed by atoms with Gasteiger partial charge in [-0.15, -0.1) is 0 Å². The molecule has 0 amide bonds. The molecule has 0 fully saturated rings. The molecule has 0 bridgehead atoms. The third-order valence-electron chi connectivity index (χ3n) is 4.27. The van der Waals surface area contributed by atoms with Gasteiger partial charge in [0.15, 0.2) is 11.5 Å². The fourth-order valence-corrected chi connectivity index (χ4v) is 2.87. The second kappa shape index (κ2) is 9.57. The van der Waals surface area contributed by atoms with Crippen molar-refractivity contribution in [3.8, 4) is 17.6 Å². The Balaban J connectivity index is 1.87. The van der Waals surface area contributed by atoms with Gasteiger partial charge >= 0.3 is 5.97 Å². The first kappa shape index (κ1) is 21.6. The number of nitriles is 1. The lowest BCUT2D eigenvalue weighted by Crippen LogP contribution is -2.09. The van der Waals surface area contributed by atoms with Crippen molar-refractivity contribution in [3.05, 3.63) is 98.6 Å². The van der Waals surface area contributed by atoms with Gasteiger partial charge in [0.25, 0.3) is 5.69 Å². The number of allylic oxidation sites excluding steroid dienone is 1. The maximum Gasteiger partial charge on any atom is 0.343 e. The molecule has 3 rings (SSSR count). The lowest BCUT2D eigenvalue weighted by Gasteiger charge is -2.10. The Labute approximate surface area is 182 Å². The maximum atomic E-state index is 12.4. The largest absolute Gasteiger partial charge is 0.493 e. The average Bonchev–Trinajstić information content (AvgIpc) is 2.79. The second-order valence-electron chi connectivity index (χ2n) is 6.28. The predicted molar refractivity (Wildman–Crippen MR) is 116 cm³/mol. The van der Waals surface area contributed by atoms with Crippen LogP contribution in [0.5, 0.6) is 11.5 Å². The Hall–Kier alpha value is -4.15. The molecular weight excluding hydrogens is 420 g/mol. The molecule has 0 aliphatic rings. The van der Waals surface area contributed by atoms with Gasteiger partial charge in [0.1, 0.15) is 0 Å². The highest BCUT2D eigenvalue weighted by molar-refractivity contribution is 6.30. The summed E-state index contributed by atoms with van der Waals surface area (Å²) in [5.74, 6) is -0.355. The van der Waals surface area contributed by atoms with E-state index in [1.54, 1.807) is 42.5 Å². The summed E-state index contributed by atoms with van der Waals surface area (Å²) >= 11 is 5.89. The van der Waals surface area contributed by atoms with Gasteiger partial charge in [0.2, 0.25) is 0 Å². The van der Waals surface area contributed by atoms with Crippen LogP contribution in [0.4, 0.5) is 5.69 Å². The lowest BCUT2D eigenvalue weighted by molar-refractivity contribution is -0.384. The molecule has 0 atom stereocenters. The van der Waals surface area contributed by atoms with Gasteiger partial charge in [-0.25, -0.2) is 4.79 Å². The monoisotopic (exact) mass is 434 g/mol. The molecule has 0 saturated carbocycles. The van der Waals surface area contributed by atoms with Crippen molar-refractivity contribution in [2.75, 3.05) is 7.11 Å². The van der Waals surface area contributed by atoms with E-state index in [1.165, 1.54) is 31.4 Å². The van der Waals surface area contributed by atoms with Crippen LogP contribution < -0.4 is 9.47 Å². The van der Waals surface area contributed by atoms with Crippen LogP contribution in [0.15, 0.2) is 66.7 Å². The zero-order valence-corrected chi connectivity index (χ0v) is 17.0.